The van der Waals surface area contributed by atoms with Gasteiger partial charge in [0.2, 0.25) is 17.7 Å². The van der Waals surface area contributed by atoms with E-state index in [4.69, 9.17) is 15.9 Å². The molecular weight excluding hydrogens is 388 g/mol. The molecule has 0 aromatic rings. The maximum Gasteiger partial charge on any atom is 0.328 e. The Bertz CT molecular complexity index is 558. The van der Waals surface area contributed by atoms with Crippen molar-refractivity contribution < 1.29 is 29.4 Å². The quantitative estimate of drug-likeness (QED) is 0.188. The second kappa shape index (κ2) is 12.6. The van der Waals surface area contributed by atoms with Crippen LogP contribution in [-0.4, -0.2) is 70.4 Å². The zero-order chi connectivity index (χ0) is 22.0. The van der Waals surface area contributed by atoms with E-state index in [1.165, 1.54) is 0 Å². The van der Waals surface area contributed by atoms with Gasteiger partial charge in [0.25, 0.3) is 0 Å². The number of carboxylic acids is 1. The first-order chi connectivity index (χ1) is 12.9. The van der Waals surface area contributed by atoms with Crippen molar-refractivity contribution in [2.75, 3.05) is 12.4 Å². The summed E-state index contributed by atoms with van der Waals surface area (Å²) in [6.07, 6.45) is 0.230. The van der Waals surface area contributed by atoms with E-state index >= 15 is 0 Å². The fourth-order valence-electron chi connectivity index (χ4n) is 2.20. The van der Waals surface area contributed by atoms with Crippen LogP contribution in [0.1, 0.15) is 34.1 Å². The molecule has 0 bridgehead atoms. The van der Waals surface area contributed by atoms with Crippen LogP contribution in [0.15, 0.2) is 0 Å². The number of aliphatic hydroxyl groups is 1. The molecule has 0 saturated heterocycles. The van der Waals surface area contributed by atoms with Crippen LogP contribution >= 0.6 is 12.6 Å². The van der Waals surface area contributed by atoms with E-state index in [0.29, 0.717) is 0 Å². The molecule has 11 heteroatoms. The Hall–Kier alpha value is -1.85. The number of rotatable bonds is 12. The highest BCUT2D eigenvalue weighted by atomic mass is 32.1. The number of aliphatic carboxylic acids is 1. The Morgan fingerprint density at radius 2 is 1.36 bits per heavy atom. The van der Waals surface area contributed by atoms with Gasteiger partial charge < -0.3 is 31.9 Å². The molecule has 0 aliphatic heterocycles. The summed E-state index contributed by atoms with van der Waals surface area (Å²) in [5.74, 6) is -3.44. The lowest BCUT2D eigenvalue weighted by molar-refractivity contribution is -0.143. The van der Waals surface area contributed by atoms with Gasteiger partial charge in [-0.2, -0.15) is 12.6 Å². The maximum atomic E-state index is 12.5. The highest BCUT2D eigenvalue weighted by Gasteiger charge is 2.30. The van der Waals surface area contributed by atoms with Crippen LogP contribution in [0.5, 0.6) is 0 Å². The van der Waals surface area contributed by atoms with Gasteiger partial charge >= 0.3 is 5.97 Å². The molecule has 0 aliphatic rings. The van der Waals surface area contributed by atoms with Crippen LogP contribution in [0.2, 0.25) is 0 Å². The van der Waals surface area contributed by atoms with Gasteiger partial charge in [-0.25, -0.2) is 4.79 Å². The number of thiol groups is 1. The first-order valence-electron chi connectivity index (χ1n) is 9.05. The number of amides is 3. The average Bonchev–Trinajstić information content (AvgIpc) is 2.61. The molecule has 0 heterocycles. The number of aliphatic hydroxyl groups excluding tert-OH is 1. The molecule has 0 saturated carbocycles. The third kappa shape index (κ3) is 8.89. The van der Waals surface area contributed by atoms with Crippen molar-refractivity contribution in [2.24, 2.45) is 17.6 Å². The van der Waals surface area contributed by atoms with Crippen molar-refractivity contribution in [3.8, 4) is 0 Å². The van der Waals surface area contributed by atoms with Gasteiger partial charge in [-0.05, 0) is 18.3 Å². The molecule has 3 amide bonds. The molecule has 4 atom stereocenters. The largest absolute Gasteiger partial charge is 0.480 e. The summed E-state index contributed by atoms with van der Waals surface area (Å²) in [4.78, 5) is 48.0. The smallest absolute Gasteiger partial charge is 0.328 e. The number of carbonyl (C=O) groups excluding carboxylic acids is 3. The van der Waals surface area contributed by atoms with Gasteiger partial charge in [0.1, 0.15) is 18.1 Å². The Kier molecular flexibility index (Phi) is 11.7. The normalized spacial score (nSPS) is 15.5. The van der Waals surface area contributed by atoms with Gasteiger partial charge in [0, 0.05) is 5.75 Å². The number of nitrogens with two attached hydrogens (primary N) is 1. The molecule has 0 aliphatic carbocycles. The molecule has 4 unspecified atom stereocenters. The third-order valence-corrected chi connectivity index (χ3v) is 4.34. The minimum atomic E-state index is -1.48. The maximum absolute atomic E-state index is 12.5. The highest BCUT2D eigenvalue weighted by molar-refractivity contribution is 7.80. The van der Waals surface area contributed by atoms with Gasteiger partial charge in [0.05, 0.1) is 12.6 Å². The van der Waals surface area contributed by atoms with Crippen molar-refractivity contribution in [3.05, 3.63) is 0 Å². The molecule has 7 N–H and O–H groups in total. The van der Waals surface area contributed by atoms with Gasteiger partial charge in [-0.1, -0.05) is 27.7 Å². The van der Waals surface area contributed by atoms with Crippen LogP contribution in [0, 0.1) is 11.8 Å². The monoisotopic (exact) mass is 420 g/mol. The molecule has 162 valence electrons. The zero-order valence-electron chi connectivity index (χ0n) is 16.6. The summed E-state index contributed by atoms with van der Waals surface area (Å²) in [5, 5.41) is 25.2. The average molecular weight is 421 g/mol. The first kappa shape index (κ1) is 26.1. The van der Waals surface area contributed by atoms with E-state index in [0.717, 1.165) is 0 Å². The van der Waals surface area contributed by atoms with E-state index in [-0.39, 0.29) is 24.0 Å². The first-order valence-corrected chi connectivity index (χ1v) is 9.68. The Labute approximate surface area is 170 Å². The predicted molar refractivity (Wildman–Crippen MR) is 107 cm³/mol. The zero-order valence-corrected chi connectivity index (χ0v) is 17.5. The summed E-state index contributed by atoms with van der Waals surface area (Å²) in [6, 6.07) is -4.34. The topological polar surface area (TPSA) is 171 Å². The van der Waals surface area contributed by atoms with Crippen molar-refractivity contribution in [1.82, 2.24) is 16.0 Å². The summed E-state index contributed by atoms with van der Waals surface area (Å²) in [6.45, 7) is 6.40. The molecule has 0 aromatic heterocycles. The van der Waals surface area contributed by atoms with Crippen LogP contribution < -0.4 is 21.7 Å². The molecule has 0 fully saturated rings. The highest BCUT2D eigenvalue weighted by Crippen LogP contribution is 2.07. The van der Waals surface area contributed by atoms with Crippen molar-refractivity contribution >= 4 is 36.3 Å². The number of hydrogen-bond acceptors (Lipinski definition) is 7. The van der Waals surface area contributed by atoms with E-state index in [1.54, 1.807) is 13.8 Å². The van der Waals surface area contributed by atoms with Gasteiger partial charge in [-0.15, -0.1) is 0 Å². The van der Waals surface area contributed by atoms with Gasteiger partial charge in [0.15, 0.2) is 0 Å². The fraction of sp³-hybridized carbons (Fsp3) is 0.765. The second-order valence-electron chi connectivity index (χ2n) is 7.29. The van der Waals surface area contributed by atoms with Crippen LogP contribution in [0.3, 0.4) is 0 Å². The standard InChI is InChI=1S/C17H32N4O6S/c1-8(2)5-10(14(23)20-11(6-22)17(26)27)19-15(24)12(7-28)21-16(25)13(18)9(3)4/h8-13,22,28H,5-7,18H2,1-4H3,(H,19,24)(H,20,23)(H,21,25)(H,26,27). The number of hydrogen-bond donors (Lipinski definition) is 7. The van der Waals surface area contributed by atoms with E-state index in [2.05, 4.69) is 28.6 Å². The Morgan fingerprint density at radius 3 is 1.75 bits per heavy atom. The third-order valence-electron chi connectivity index (χ3n) is 3.97. The van der Waals surface area contributed by atoms with E-state index in [1.807, 2.05) is 13.8 Å². The molecule has 0 spiro atoms. The van der Waals surface area contributed by atoms with Crippen molar-refractivity contribution in [2.45, 2.75) is 58.3 Å². The van der Waals surface area contributed by atoms with Gasteiger partial charge in [-0.3, -0.25) is 14.4 Å². The summed E-state index contributed by atoms with van der Waals surface area (Å²) < 4.78 is 0. The Morgan fingerprint density at radius 1 is 0.893 bits per heavy atom. The second-order valence-corrected chi connectivity index (χ2v) is 7.65. The molecule has 0 radical (unpaired) electrons. The van der Waals surface area contributed by atoms with Crippen molar-refractivity contribution in [3.63, 3.8) is 0 Å². The fourth-order valence-corrected chi connectivity index (χ4v) is 2.45. The molecule has 0 aromatic carbocycles. The molecular formula is C17H32N4O6S. The summed E-state index contributed by atoms with van der Waals surface area (Å²) >= 11 is 4.06. The van der Waals surface area contributed by atoms with Crippen LogP contribution in [-0.2, 0) is 19.2 Å². The number of carboxylic acid groups (broad SMARTS) is 1. The number of nitrogens with one attached hydrogen (secondary N) is 3. The van der Waals surface area contributed by atoms with E-state index < -0.39 is 54.5 Å². The Balaban J connectivity index is 5.18. The number of carbonyl (C=O) groups is 4. The molecule has 0 rings (SSSR count). The molecule has 28 heavy (non-hydrogen) atoms. The minimum absolute atomic E-state index is 0.00635. The van der Waals surface area contributed by atoms with Crippen molar-refractivity contribution in [1.29, 1.82) is 0 Å². The predicted octanol–water partition coefficient (Wildman–Crippen LogP) is -1.52. The summed E-state index contributed by atoms with van der Waals surface area (Å²) in [5.41, 5.74) is 5.76. The lowest BCUT2D eigenvalue weighted by Gasteiger charge is -2.25. The summed E-state index contributed by atoms with van der Waals surface area (Å²) in [7, 11) is 0. The van der Waals surface area contributed by atoms with Crippen LogP contribution in [0.4, 0.5) is 0 Å². The SMILES string of the molecule is CC(C)CC(NC(=O)C(CS)NC(=O)C(N)C(C)C)C(=O)NC(CO)C(=O)O. The lowest BCUT2D eigenvalue weighted by Crippen LogP contribution is -2.58. The minimum Gasteiger partial charge on any atom is -0.480 e. The lowest BCUT2D eigenvalue weighted by atomic mass is 10.0. The van der Waals surface area contributed by atoms with Crippen LogP contribution in [0.25, 0.3) is 0 Å². The van der Waals surface area contributed by atoms with E-state index in [9.17, 15) is 19.2 Å². The molecule has 10 nitrogen and oxygen atoms in total.